The number of piperidine rings is 1. The van der Waals surface area contributed by atoms with Gasteiger partial charge in [0, 0.05) is 24.0 Å². The number of aromatic nitrogens is 2. The van der Waals surface area contributed by atoms with Crippen LogP contribution in [0.2, 0.25) is 0 Å². The highest BCUT2D eigenvalue weighted by Gasteiger charge is 2.25. The molecule has 130 valence electrons. The second kappa shape index (κ2) is 6.96. The van der Waals surface area contributed by atoms with Gasteiger partial charge in [-0.15, -0.1) is 11.3 Å². The molecule has 0 bridgehead atoms. The van der Waals surface area contributed by atoms with E-state index in [1.54, 1.807) is 11.2 Å². The fourth-order valence-corrected chi connectivity index (χ4v) is 5.55. The number of thiophene rings is 1. The maximum atomic E-state index is 4.63. The van der Waals surface area contributed by atoms with E-state index < -0.39 is 0 Å². The van der Waals surface area contributed by atoms with Gasteiger partial charge in [0.25, 0.3) is 0 Å². The van der Waals surface area contributed by atoms with Crippen molar-refractivity contribution in [3.8, 4) is 0 Å². The Balaban J connectivity index is 1.55. The summed E-state index contributed by atoms with van der Waals surface area (Å²) in [5.41, 5.74) is 1.53. The fourth-order valence-electron chi connectivity index (χ4n) is 4.20. The van der Waals surface area contributed by atoms with E-state index in [0.717, 1.165) is 11.7 Å². The Morgan fingerprint density at radius 3 is 2.88 bits per heavy atom. The van der Waals surface area contributed by atoms with Gasteiger partial charge in [0.1, 0.15) is 17.0 Å². The first-order valence-electron chi connectivity index (χ1n) is 9.48. The Morgan fingerprint density at radius 1 is 1.25 bits per heavy atom. The largest absolute Gasteiger partial charge is 0.367 e. The lowest BCUT2D eigenvalue weighted by molar-refractivity contribution is 0.219. The van der Waals surface area contributed by atoms with Crippen molar-refractivity contribution in [1.29, 1.82) is 0 Å². The number of hydrogen-bond acceptors (Lipinski definition) is 5. The molecule has 1 N–H and O–H groups in total. The summed E-state index contributed by atoms with van der Waals surface area (Å²) in [6.45, 7) is 8.28. The molecule has 0 spiro atoms. The van der Waals surface area contributed by atoms with Crippen LogP contribution in [-0.2, 0) is 12.8 Å². The lowest BCUT2D eigenvalue weighted by Crippen LogP contribution is -2.39. The summed E-state index contributed by atoms with van der Waals surface area (Å²) in [5, 5.41) is 5.08. The number of aryl methyl sites for hydroxylation is 1. The lowest BCUT2D eigenvalue weighted by atomic mass is 9.89. The second-order valence-electron chi connectivity index (χ2n) is 7.51. The summed E-state index contributed by atoms with van der Waals surface area (Å²) in [5.74, 6) is 1.89. The van der Waals surface area contributed by atoms with Crippen LogP contribution in [0.4, 0.5) is 5.82 Å². The van der Waals surface area contributed by atoms with Crippen LogP contribution in [0.25, 0.3) is 10.2 Å². The van der Waals surface area contributed by atoms with Gasteiger partial charge >= 0.3 is 0 Å². The normalized spacial score (nSPS) is 22.7. The van der Waals surface area contributed by atoms with Gasteiger partial charge < -0.3 is 10.2 Å². The third-order valence-electron chi connectivity index (χ3n) is 5.56. The van der Waals surface area contributed by atoms with Crippen LogP contribution in [0, 0.1) is 5.92 Å². The molecule has 1 saturated heterocycles. The van der Waals surface area contributed by atoms with Crippen molar-refractivity contribution in [3.63, 3.8) is 0 Å². The van der Waals surface area contributed by atoms with E-state index in [-0.39, 0.29) is 0 Å². The molecule has 1 aliphatic heterocycles. The average molecular weight is 345 g/mol. The van der Waals surface area contributed by atoms with Crippen molar-refractivity contribution in [2.75, 3.05) is 25.0 Å². The first kappa shape index (κ1) is 16.3. The van der Waals surface area contributed by atoms with E-state index in [1.807, 2.05) is 11.3 Å². The Labute approximate surface area is 148 Å². The van der Waals surface area contributed by atoms with Crippen molar-refractivity contribution >= 4 is 27.4 Å². The predicted molar refractivity (Wildman–Crippen MR) is 102 cm³/mol. The van der Waals surface area contributed by atoms with Gasteiger partial charge in [-0.3, -0.25) is 0 Å². The molecule has 2 aromatic rings. The zero-order chi connectivity index (χ0) is 16.5. The van der Waals surface area contributed by atoms with Crippen LogP contribution in [0.3, 0.4) is 0 Å². The fraction of sp³-hybridized carbons (Fsp3) is 0.684. The molecule has 1 atom stereocenters. The van der Waals surface area contributed by atoms with Crippen molar-refractivity contribution in [2.24, 2.45) is 5.92 Å². The third kappa shape index (κ3) is 3.16. The van der Waals surface area contributed by atoms with Gasteiger partial charge in [0.15, 0.2) is 0 Å². The molecule has 1 aliphatic carbocycles. The molecule has 0 saturated carbocycles. The Bertz CT molecular complexity index is 703. The summed E-state index contributed by atoms with van der Waals surface area (Å²) >= 11 is 1.89. The molecule has 24 heavy (non-hydrogen) atoms. The average Bonchev–Trinajstić information content (AvgIpc) is 2.95. The van der Waals surface area contributed by atoms with Crippen LogP contribution >= 0.6 is 11.3 Å². The van der Waals surface area contributed by atoms with Gasteiger partial charge in [-0.2, -0.15) is 0 Å². The number of likely N-dealkylation sites (tertiary alicyclic amines) is 1. The second-order valence-corrected chi connectivity index (χ2v) is 8.60. The topological polar surface area (TPSA) is 41.0 Å². The molecule has 2 aromatic heterocycles. The van der Waals surface area contributed by atoms with Gasteiger partial charge in [-0.25, -0.2) is 9.97 Å². The highest BCUT2D eigenvalue weighted by molar-refractivity contribution is 7.19. The van der Waals surface area contributed by atoms with E-state index in [4.69, 9.17) is 0 Å². The van der Waals surface area contributed by atoms with Crippen molar-refractivity contribution < 1.29 is 0 Å². The Morgan fingerprint density at radius 2 is 2.08 bits per heavy atom. The summed E-state index contributed by atoms with van der Waals surface area (Å²) in [7, 11) is 0. The molecule has 0 amide bonds. The number of fused-ring (bicyclic) bond motifs is 3. The van der Waals surface area contributed by atoms with Crippen LogP contribution in [-0.4, -0.2) is 40.5 Å². The lowest BCUT2D eigenvalue weighted by Gasteiger charge is -2.32. The minimum Gasteiger partial charge on any atom is -0.367 e. The highest BCUT2D eigenvalue weighted by Crippen LogP contribution is 2.39. The van der Waals surface area contributed by atoms with Crippen molar-refractivity contribution in [3.05, 3.63) is 16.8 Å². The van der Waals surface area contributed by atoms with E-state index in [1.165, 1.54) is 73.9 Å². The Kier molecular flexibility index (Phi) is 4.72. The van der Waals surface area contributed by atoms with E-state index in [2.05, 4.69) is 34.0 Å². The molecule has 4 rings (SSSR count). The standard InChI is InChI=1S/C19H28N4S/c1-3-8-23-9-6-14(7-10-23)22-18-17-15-5-4-13(2)11-16(15)24-19(17)21-12-20-18/h12-14H,3-11H2,1-2H3,(H,20,21,22)/t13-/m0/s1. The molecule has 2 aliphatic rings. The maximum absolute atomic E-state index is 4.63. The number of anilines is 1. The molecular weight excluding hydrogens is 316 g/mol. The summed E-state index contributed by atoms with van der Waals surface area (Å²) in [6.07, 6.45) is 9.12. The van der Waals surface area contributed by atoms with E-state index >= 15 is 0 Å². The molecule has 5 heteroatoms. The first-order valence-corrected chi connectivity index (χ1v) is 10.3. The quantitative estimate of drug-likeness (QED) is 0.906. The summed E-state index contributed by atoms with van der Waals surface area (Å²) < 4.78 is 0. The minimum atomic E-state index is 0.550. The van der Waals surface area contributed by atoms with E-state index in [9.17, 15) is 0 Å². The number of nitrogens with one attached hydrogen (secondary N) is 1. The van der Waals surface area contributed by atoms with Crippen LogP contribution < -0.4 is 5.32 Å². The molecule has 0 radical (unpaired) electrons. The third-order valence-corrected chi connectivity index (χ3v) is 6.72. The summed E-state index contributed by atoms with van der Waals surface area (Å²) in [6, 6.07) is 0.550. The number of hydrogen-bond donors (Lipinski definition) is 1. The first-order chi connectivity index (χ1) is 11.7. The monoisotopic (exact) mass is 344 g/mol. The van der Waals surface area contributed by atoms with Gasteiger partial charge in [-0.05, 0) is 56.6 Å². The van der Waals surface area contributed by atoms with Gasteiger partial charge in [0.2, 0.25) is 0 Å². The molecule has 0 unspecified atom stereocenters. The molecule has 4 nitrogen and oxygen atoms in total. The maximum Gasteiger partial charge on any atom is 0.138 e. The zero-order valence-electron chi connectivity index (χ0n) is 14.8. The molecule has 0 aromatic carbocycles. The minimum absolute atomic E-state index is 0.550. The SMILES string of the molecule is CCCN1CCC(Nc2ncnc3sc4c(c23)CC[C@H](C)C4)CC1. The van der Waals surface area contributed by atoms with Gasteiger partial charge in [0.05, 0.1) is 5.39 Å². The number of rotatable bonds is 4. The van der Waals surface area contributed by atoms with Gasteiger partial charge in [-0.1, -0.05) is 13.8 Å². The molecular formula is C19H28N4S. The molecule has 1 fully saturated rings. The van der Waals surface area contributed by atoms with Crippen LogP contribution in [0.1, 0.15) is 50.0 Å². The smallest absolute Gasteiger partial charge is 0.138 e. The van der Waals surface area contributed by atoms with Crippen LogP contribution in [0.5, 0.6) is 0 Å². The highest BCUT2D eigenvalue weighted by atomic mass is 32.1. The van der Waals surface area contributed by atoms with E-state index in [0.29, 0.717) is 6.04 Å². The predicted octanol–water partition coefficient (Wildman–Crippen LogP) is 4.10. The van der Waals surface area contributed by atoms with Crippen molar-refractivity contribution in [2.45, 2.75) is 58.4 Å². The zero-order valence-corrected chi connectivity index (χ0v) is 15.7. The summed E-state index contributed by atoms with van der Waals surface area (Å²) in [4.78, 5) is 14.5. The number of nitrogens with zero attached hydrogens (tertiary/aromatic N) is 3. The van der Waals surface area contributed by atoms with Crippen molar-refractivity contribution in [1.82, 2.24) is 14.9 Å². The van der Waals surface area contributed by atoms with Crippen LogP contribution in [0.15, 0.2) is 6.33 Å². The Hall–Kier alpha value is -1.20. The molecule has 3 heterocycles.